The minimum atomic E-state index is -1.03. The van der Waals surface area contributed by atoms with Crippen molar-refractivity contribution in [3.05, 3.63) is 542 Å². The molecule has 0 unspecified atom stereocenters. The summed E-state index contributed by atoms with van der Waals surface area (Å²) in [5.74, 6) is -6.60. The SMILES string of the molecule is [C-]#[N+]c1ccc(-c2cc(-c3ccccc3)cc(N(c3cc(F)ccc3F)c3ccc4ccc5c(N(c6cc(-c7ccccc7)cc(-c7ccc(C#N)cc7)c6)c6cc(F)ccc6F)ccc6ccc3c4c65)c2)cc1.[C-]#[N+]c1ccc(-c2cc(-c3ccccc3)cc(N(c3cccc(F)c3F)c3ccc4ccc5c(N(c6cc(-c7ccccc7)cc(-c7ccc(C#N)cc7)c6)c6cccc(F)c6F)ccc6ccc3c4c65)c2)cc1. The summed E-state index contributed by atoms with van der Waals surface area (Å²) in [6, 6.07) is 143. The third kappa shape index (κ3) is 17.2. The Bertz CT molecular complexity index is 8510. The Morgan fingerprint density at radius 3 is 0.676 bits per heavy atom. The second-order valence-electron chi connectivity index (χ2n) is 36.1. The molecule has 0 aromatic heterocycles. The molecule has 0 atom stereocenters. The molecule has 0 N–H and O–H groups in total. The van der Waals surface area contributed by atoms with E-state index in [2.05, 4.69) is 21.8 Å². The normalized spacial score (nSPS) is 11.2. The molecule has 0 radical (unpaired) electrons. The number of benzene rings is 24. The van der Waals surface area contributed by atoms with Gasteiger partial charge in [-0.25, -0.2) is 44.8 Å². The zero-order valence-electron chi connectivity index (χ0n) is 78.5. The summed E-state index contributed by atoms with van der Waals surface area (Å²) in [5.41, 5.74) is 19.9. The minimum absolute atomic E-state index is 0.00985. The van der Waals surface area contributed by atoms with Crippen LogP contribution in [-0.2, 0) is 0 Å². The smallest absolute Gasteiger partial charge is 0.187 e. The van der Waals surface area contributed by atoms with Crippen molar-refractivity contribution in [2.24, 2.45) is 0 Å². The molecule has 24 aromatic carbocycles. The molecule has 24 aromatic rings. The number of hydrogen-bond donors (Lipinski definition) is 0. The Kier molecular flexibility index (Phi) is 24.0. The van der Waals surface area contributed by atoms with E-state index < -0.39 is 46.5 Å². The summed E-state index contributed by atoms with van der Waals surface area (Å²) >= 11 is 0. The molecule has 0 aliphatic heterocycles. The van der Waals surface area contributed by atoms with Gasteiger partial charge >= 0.3 is 0 Å². The van der Waals surface area contributed by atoms with Gasteiger partial charge in [0.1, 0.15) is 23.3 Å². The summed E-state index contributed by atoms with van der Waals surface area (Å²) in [5, 5.41) is 28.9. The van der Waals surface area contributed by atoms with Crippen molar-refractivity contribution in [3.8, 4) is 101 Å². The average Bonchev–Trinajstić information content (AvgIpc) is 0.718. The maximum absolute atomic E-state index is 16.7. The summed E-state index contributed by atoms with van der Waals surface area (Å²) in [7, 11) is 0. The molecule has 0 aliphatic rings. The Hall–Kier alpha value is -20.0. The Morgan fingerprint density at radius 1 is 0.189 bits per heavy atom. The molecule has 0 saturated carbocycles. The van der Waals surface area contributed by atoms with Gasteiger partial charge in [-0.1, -0.05) is 279 Å². The molecule has 0 heterocycles. The maximum Gasteiger partial charge on any atom is 0.187 e. The Balaban J connectivity index is 0.000000163. The lowest BCUT2D eigenvalue weighted by Gasteiger charge is -2.30. The van der Waals surface area contributed by atoms with Gasteiger partial charge in [0.05, 0.1) is 81.9 Å². The van der Waals surface area contributed by atoms with Crippen molar-refractivity contribution in [2.45, 2.75) is 0 Å². The molecular formula is C132H76F8N8. The standard InChI is InChI=1S/2C66H38F4N4/c1-72-52-28-22-45(23-29-52)51-35-49(43-12-6-3-7-13-43)37-54(39-51)74(62-17-9-15-58(68)66(62)70)60-33-27-47-24-30-55-59(32-26-46-25-31-56(60)64(47)63(46)55)73(61-16-8-14-57(67)65(61)69)53-36-48(42-10-4-2-5-11-42)34-50(38-53)44-20-18-41(40-71)19-21-44;1-72-54-24-16-45(17-25-54)51-33-49(43-10-6-3-7-11-43)35-56(37-51)74(64-39-53(68)23-29-60(64)70)62-31-21-47-18-26-57-61(30-20-46-19-27-58(62)66(47)65(46)57)73(63-38-52(67)22-28-59(63)69)55-34-48(42-8-4-2-5-9-42)32-50(36-55)44-14-12-41(40-71)13-15-44/h2*2-39H. The van der Waals surface area contributed by atoms with Crippen LogP contribution in [-0.4, -0.2) is 0 Å². The third-order valence-corrected chi connectivity index (χ3v) is 27.3. The number of anilines is 12. The molecular weight excluding hydrogens is 1850 g/mol. The molecule has 148 heavy (non-hydrogen) atoms. The molecule has 8 nitrogen and oxygen atoms in total. The van der Waals surface area contributed by atoms with Crippen LogP contribution in [0.3, 0.4) is 0 Å². The number of hydrogen-bond acceptors (Lipinski definition) is 6. The lowest BCUT2D eigenvalue weighted by atomic mass is 9.91. The van der Waals surface area contributed by atoms with E-state index in [1.165, 1.54) is 24.3 Å². The fourth-order valence-electron chi connectivity index (χ4n) is 20.3. The fraction of sp³-hybridized carbons (Fsp3) is 0. The zero-order valence-corrected chi connectivity index (χ0v) is 78.5. The number of halogens is 8. The zero-order chi connectivity index (χ0) is 101. The molecule has 0 amide bonds. The second-order valence-corrected chi connectivity index (χ2v) is 36.1. The van der Waals surface area contributed by atoms with Crippen molar-refractivity contribution in [2.75, 3.05) is 19.6 Å². The summed E-state index contributed by atoms with van der Waals surface area (Å²) in [6.07, 6.45) is 0. The van der Waals surface area contributed by atoms with Gasteiger partial charge in [0.25, 0.3) is 0 Å². The van der Waals surface area contributed by atoms with Crippen LogP contribution >= 0.6 is 0 Å². The highest BCUT2D eigenvalue weighted by atomic mass is 19.2. The van der Waals surface area contributed by atoms with Crippen LogP contribution in [0, 0.1) is 82.3 Å². The first-order chi connectivity index (χ1) is 72.4. The third-order valence-electron chi connectivity index (χ3n) is 27.3. The van der Waals surface area contributed by atoms with Crippen molar-refractivity contribution in [1.82, 2.24) is 0 Å². The van der Waals surface area contributed by atoms with Gasteiger partial charge in [0, 0.05) is 56.4 Å². The van der Waals surface area contributed by atoms with Crippen LogP contribution < -0.4 is 19.6 Å². The maximum atomic E-state index is 16.7. The van der Waals surface area contributed by atoms with Crippen molar-refractivity contribution in [3.63, 3.8) is 0 Å². The number of rotatable bonds is 20. The van der Waals surface area contributed by atoms with Crippen LogP contribution in [0.25, 0.3) is 163 Å². The first-order valence-corrected chi connectivity index (χ1v) is 47.6. The highest BCUT2D eigenvalue weighted by Gasteiger charge is 2.32. The number of nitrogens with zero attached hydrogens (tertiary/aromatic N) is 8. The first-order valence-electron chi connectivity index (χ1n) is 47.6. The average molecular weight is 1930 g/mol. The molecule has 700 valence electrons. The molecule has 0 saturated heterocycles. The van der Waals surface area contributed by atoms with Crippen molar-refractivity contribution < 1.29 is 35.1 Å². The predicted molar refractivity (Wildman–Crippen MR) is 584 cm³/mol. The van der Waals surface area contributed by atoms with Crippen LogP contribution in [0.1, 0.15) is 11.1 Å². The topological polar surface area (TPSA) is 69.3 Å². The van der Waals surface area contributed by atoms with E-state index in [1.54, 1.807) is 80.3 Å². The van der Waals surface area contributed by atoms with E-state index in [-0.39, 0.29) is 22.7 Å². The lowest BCUT2D eigenvalue weighted by Crippen LogP contribution is -2.14. The molecule has 16 heteroatoms. The van der Waals surface area contributed by atoms with Crippen molar-refractivity contribution >= 4 is 144 Å². The molecule has 0 fully saturated rings. The molecule has 0 spiro atoms. The van der Waals surface area contributed by atoms with E-state index in [0.717, 1.165) is 190 Å². The van der Waals surface area contributed by atoms with E-state index >= 15 is 35.1 Å². The quantitative estimate of drug-likeness (QED) is 0.0430. The molecule has 0 aliphatic carbocycles. The van der Waals surface area contributed by atoms with Gasteiger partial charge < -0.3 is 19.6 Å². The Labute approximate surface area is 846 Å². The second kappa shape index (κ2) is 38.8. The van der Waals surface area contributed by atoms with Gasteiger partial charge in [-0.2, -0.15) is 10.5 Å². The van der Waals surface area contributed by atoms with Crippen molar-refractivity contribution in [1.29, 1.82) is 10.5 Å². The van der Waals surface area contributed by atoms with E-state index in [9.17, 15) is 10.5 Å². The highest BCUT2D eigenvalue weighted by Crippen LogP contribution is 2.55. The van der Waals surface area contributed by atoms with Gasteiger partial charge in [-0.05, 0) is 302 Å². The summed E-state index contributed by atoms with van der Waals surface area (Å²) < 4.78 is 129. The number of nitriles is 2. The van der Waals surface area contributed by atoms with Gasteiger partial charge in [0.15, 0.2) is 34.6 Å². The summed E-state index contributed by atoms with van der Waals surface area (Å²) in [6.45, 7) is 15.1. The fourth-order valence-corrected chi connectivity index (χ4v) is 20.3. The van der Waals surface area contributed by atoms with Crippen LogP contribution in [0.4, 0.5) is 115 Å². The van der Waals surface area contributed by atoms with E-state index in [0.29, 0.717) is 68.0 Å². The lowest BCUT2D eigenvalue weighted by molar-refractivity contribution is 0.510. The van der Waals surface area contributed by atoms with Gasteiger partial charge in [-0.3, -0.25) is 0 Å². The van der Waals surface area contributed by atoms with Gasteiger partial charge in [0.2, 0.25) is 0 Å². The predicted octanol–water partition coefficient (Wildman–Crippen LogP) is 38.3. The van der Waals surface area contributed by atoms with E-state index in [1.807, 2.05) is 340 Å². The van der Waals surface area contributed by atoms with Crippen LogP contribution in [0.2, 0.25) is 0 Å². The van der Waals surface area contributed by atoms with Crippen LogP contribution in [0.15, 0.2) is 461 Å². The van der Waals surface area contributed by atoms with E-state index in [4.69, 9.17) is 13.1 Å². The highest BCUT2D eigenvalue weighted by molar-refractivity contribution is 6.30. The molecule has 0 bridgehead atoms. The first kappa shape index (κ1) is 91.7. The monoisotopic (exact) mass is 1920 g/mol. The largest absolute Gasteiger partial charge is 0.307 e. The minimum Gasteiger partial charge on any atom is -0.307 e. The summed E-state index contributed by atoms with van der Waals surface area (Å²) in [4.78, 5) is 14.2. The molecule has 24 rings (SSSR count). The van der Waals surface area contributed by atoms with Crippen LogP contribution in [0.5, 0.6) is 0 Å². The van der Waals surface area contributed by atoms with Gasteiger partial charge in [-0.15, -0.1) is 0 Å². The Morgan fingerprint density at radius 2 is 0.426 bits per heavy atom.